The summed E-state index contributed by atoms with van der Waals surface area (Å²) in [5.41, 5.74) is 1.71. The van der Waals surface area contributed by atoms with Crippen molar-refractivity contribution in [2.45, 2.75) is 25.5 Å². The number of hydrogen-bond donors (Lipinski definition) is 4. The third-order valence-electron chi connectivity index (χ3n) is 3.44. The van der Waals surface area contributed by atoms with E-state index in [-0.39, 0.29) is 32.1 Å². The molecule has 1 heterocycles. The highest BCUT2D eigenvalue weighted by Crippen LogP contribution is 2.01. The number of aromatic nitrogens is 2. The van der Waals surface area contributed by atoms with E-state index in [9.17, 15) is 14.7 Å². The number of imidazole rings is 1. The molecule has 0 radical (unpaired) electrons. The van der Waals surface area contributed by atoms with Crippen molar-refractivity contribution in [1.82, 2.24) is 20.6 Å². The number of aliphatic hydroxyl groups excluding tert-OH is 1. The fourth-order valence-electron chi connectivity index (χ4n) is 2.18. The number of nitrogens with one attached hydrogen (secondary N) is 3. The maximum absolute atomic E-state index is 11.9. The van der Waals surface area contributed by atoms with Crippen LogP contribution in [0.25, 0.3) is 0 Å². The summed E-state index contributed by atoms with van der Waals surface area (Å²) in [6.45, 7) is 0.147. The van der Waals surface area contributed by atoms with E-state index in [1.807, 2.05) is 30.3 Å². The highest BCUT2D eigenvalue weighted by atomic mass is 16.5. The first-order valence-corrected chi connectivity index (χ1v) is 7.99. The van der Waals surface area contributed by atoms with Gasteiger partial charge in [-0.15, -0.1) is 0 Å². The highest BCUT2D eigenvalue weighted by Gasteiger charge is 2.13. The van der Waals surface area contributed by atoms with Crippen molar-refractivity contribution in [3.63, 3.8) is 0 Å². The van der Waals surface area contributed by atoms with Crippen LogP contribution in [0, 0.1) is 0 Å². The summed E-state index contributed by atoms with van der Waals surface area (Å²) in [4.78, 5) is 30.2. The first-order chi connectivity index (χ1) is 12.2. The third-order valence-corrected chi connectivity index (χ3v) is 3.44. The number of benzene rings is 1. The Bertz CT molecular complexity index is 646. The van der Waals surface area contributed by atoms with Crippen LogP contribution in [0.15, 0.2) is 42.9 Å². The van der Waals surface area contributed by atoms with Gasteiger partial charge in [0, 0.05) is 31.3 Å². The Morgan fingerprint density at radius 3 is 2.76 bits per heavy atom. The molecule has 0 spiro atoms. The Hall–Kier alpha value is -2.87. The molecule has 2 aromatic rings. The van der Waals surface area contributed by atoms with E-state index in [1.54, 1.807) is 6.20 Å². The van der Waals surface area contributed by atoms with Gasteiger partial charge in [0.15, 0.2) is 0 Å². The van der Waals surface area contributed by atoms with E-state index >= 15 is 0 Å². The molecule has 4 N–H and O–H groups in total. The minimum Gasteiger partial charge on any atom is -0.445 e. The van der Waals surface area contributed by atoms with Crippen molar-refractivity contribution >= 4 is 12.0 Å². The number of hydrogen-bond acceptors (Lipinski definition) is 5. The molecule has 25 heavy (non-hydrogen) atoms. The molecule has 2 rings (SSSR count). The highest BCUT2D eigenvalue weighted by molar-refractivity contribution is 5.77. The maximum Gasteiger partial charge on any atom is 0.407 e. The summed E-state index contributed by atoms with van der Waals surface area (Å²) in [7, 11) is 0. The number of rotatable bonds is 9. The van der Waals surface area contributed by atoms with Crippen molar-refractivity contribution in [2.75, 3.05) is 13.2 Å². The van der Waals surface area contributed by atoms with Gasteiger partial charge in [-0.1, -0.05) is 30.3 Å². The zero-order chi connectivity index (χ0) is 17.9. The zero-order valence-corrected chi connectivity index (χ0v) is 13.8. The van der Waals surface area contributed by atoms with E-state index in [0.29, 0.717) is 6.42 Å². The minimum atomic E-state index is -0.576. The predicted octanol–water partition coefficient (Wildman–Crippen LogP) is 0.746. The van der Waals surface area contributed by atoms with Crippen molar-refractivity contribution < 1.29 is 19.4 Å². The van der Waals surface area contributed by atoms with Gasteiger partial charge < -0.3 is 25.5 Å². The molecular weight excluding hydrogens is 324 g/mol. The lowest BCUT2D eigenvalue weighted by Gasteiger charge is -2.15. The van der Waals surface area contributed by atoms with E-state index in [4.69, 9.17) is 4.74 Å². The van der Waals surface area contributed by atoms with Crippen LogP contribution in [-0.4, -0.2) is 46.3 Å². The molecule has 0 unspecified atom stereocenters. The number of alkyl carbamates (subject to hydrolysis) is 1. The Labute approximate surface area is 145 Å². The Balaban J connectivity index is 1.61. The van der Waals surface area contributed by atoms with Crippen LogP contribution in [-0.2, 0) is 22.6 Å². The molecule has 2 amide bonds. The summed E-state index contributed by atoms with van der Waals surface area (Å²) < 4.78 is 5.05. The molecule has 0 aliphatic heterocycles. The van der Waals surface area contributed by atoms with E-state index in [1.165, 1.54) is 6.33 Å². The quantitative estimate of drug-likeness (QED) is 0.534. The number of amides is 2. The first-order valence-electron chi connectivity index (χ1n) is 7.99. The summed E-state index contributed by atoms with van der Waals surface area (Å²) in [6.07, 6.45) is 3.15. The fraction of sp³-hybridized carbons (Fsp3) is 0.353. The minimum absolute atomic E-state index is 0.0971. The number of carbonyl (C=O) groups is 2. The monoisotopic (exact) mass is 346 g/mol. The fourth-order valence-corrected chi connectivity index (χ4v) is 2.18. The smallest absolute Gasteiger partial charge is 0.407 e. The molecular formula is C17H22N4O4. The van der Waals surface area contributed by atoms with Crippen LogP contribution < -0.4 is 10.6 Å². The molecule has 0 saturated carbocycles. The van der Waals surface area contributed by atoms with Crippen molar-refractivity contribution in [3.8, 4) is 0 Å². The Morgan fingerprint density at radius 1 is 1.28 bits per heavy atom. The molecule has 1 atom stereocenters. The normalized spacial score (nSPS) is 11.6. The summed E-state index contributed by atoms with van der Waals surface area (Å²) >= 11 is 0. The van der Waals surface area contributed by atoms with Crippen molar-refractivity contribution in [3.05, 3.63) is 54.1 Å². The van der Waals surface area contributed by atoms with Crippen molar-refractivity contribution in [1.29, 1.82) is 0 Å². The summed E-state index contributed by atoms with van der Waals surface area (Å²) in [5, 5.41) is 14.6. The van der Waals surface area contributed by atoms with Gasteiger partial charge in [-0.05, 0) is 5.56 Å². The van der Waals surface area contributed by atoms with Crippen LogP contribution >= 0.6 is 0 Å². The molecule has 0 fully saturated rings. The largest absolute Gasteiger partial charge is 0.445 e. The molecule has 0 aliphatic rings. The van der Waals surface area contributed by atoms with Crippen LogP contribution in [0.4, 0.5) is 4.79 Å². The molecule has 0 aliphatic carbocycles. The topological polar surface area (TPSA) is 116 Å². The number of nitrogens with zero attached hydrogens (tertiary/aromatic N) is 1. The number of ether oxygens (including phenoxy) is 1. The van der Waals surface area contributed by atoms with Crippen LogP contribution in [0.1, 0.15) is 17.7 Å². The second-order valence-electron chi connectivity index (χ2n) is 5.47. The van der Waals surface area contributed by atoms with Gasteiger partial charge in [-0.25, -0.2) is 9.78 Å². The van der Waals surface area contributed by atoms with Crippen molar-refractivity contribution in [2.24, 2.45) is 0 Å². The first kappa shape index (κ1) is 18.5. The number of carbonyl (C=O) groups excluding carboxylic acids is 2. The Morgan fingerprint density at radius 2 is 2.08 bits per heavy atom. The number of aliphatic hydroxyl groups is 1. The third kappa shape index (κ3) is 7.05. The van der Waals surface area contributed by atoms with Gasteiger partial charge in [0.05, 0.1) is 19.0 Å². The van der Waals surface area contributed by atoms with Gasteiger partial charge in [0.1, 0.15) is 6.61 Å². The van der Waals surface area contributed by atoms with Gasteiger partial charge >= 0.3 is 6.09 Å². The van der Waals surface area contributed by atoms with E-state index < -0.39 is 12.1 Å². The van der Waals surface area contributed by atoms with Gasteiger partial charge in [0.25, 0.3) is 0 Å². The lowest BCUT2D eigenvalue weighted by atomic mass is 10.1. The number of H-pyrrole nitrogens is 1. The number of aromatic amines is 1. The standard InChI is InChI=1S/C17H22N4O4/c22-10-15(8-14-9-18-12-20-14)21-16(23)6-7-19-17(24)25-11-13-4-2-1-3-5-13/h1-5,9,12,15,22H,6-8,10-11H2,(H,18,20)(H,19,24)(H,21,23)/t15-/m0/s1. The van der Waals surface area contributed by atoms with Gasteiger partial charge in [0.2, 0.25) is 5.91 Å². The summed E-state index contributed by atoms with van der Waals surface area (Å²) in [6, 6.07) is 8.92. The average molecular weight is 346 g/mol. The molecule has 8 heteroatoms. The van der Waals surface area contributed by atoms with E-state index in [0.717, 1.165) is 11.3 Å². The molecule has 1 aromatic heterocycles. The summed E-state index contributed by atoms with van der Waals surface area (Å²) in [5.74, 6) is -0.262. The molecule has 134 valence electrons. The lowest BCUT2D eigenvalue weighted by Crippen LogP contribution is -2.40. The van der Waals surface area contributed by atoms with Gasteiger partial charge in [-0.2, -0.15) is 0 Å². The molecule has 1 aromatic carbocycles. The van der Waals surface area contributed by atoms with E-state index in [2.05, 4.69) is 20.6 Å². The average Bonchev–Trinajstić information content (AvgIpc) is 3.13. The maximum atomic E-state index is 11.9. The zero-order valence-electron chi connectivity index (χ0n) is 13.8. The second-order valence-corrected chi connectivity index (χ2v) is 5.47. The Kier molecular flexibility index (Phi) is 7.45. The second kappa shape index (κ2) is 10.1. The van der Waals surface area contributed by atoms with Crippen LogP contribution in [0.5, 0.6) is 0 Å². The van der Waals surface area contributed by atoms with Crippen LogP contribution in [0.2, 0.25) is 0 Å². The van der Waals surface area contributed by atoms with Gasteiger partial charge in [-0.3, -0.25) is 4.79 Å². The predicted molar refractivity (Wildman–Crippen MR) is 90.6 cm³/mol. The molecule has 0 bridgehead atoms. The lowest BCUT2D eigenvalue weighted by molar-refractivity contribution is -0.121. The SMILES string of the molecule is O=C(CCNC(=O)OCc1ccccc1)N[C@H](CO)Cc1cnc[nH]1. The van der Waals surface area contributed by atoms with Crippen LogP contribution in [0.3, 0.4) is 0 Å². The molecule has 0 saturated heterocycles. The molecule has 8 nitrogen and oxygen atoms in total.